The molecule has 138 valence electrons. The standard InChI is InChI=1S/C21H27N3O2/c1-15-9-6-7-12-18(15)19(23(2)3)20(25)22-14-16-10-8-11-17(13-16)21(26)24(4)5/h6-13,19H,14H2,1-5H3,(H,22,25)/t19-/m1/s1. The third-order valence-electron chi connectivity index (χ3n) is 4.29. The minimum atomic E-state index is -0.359. The average molecular weight is 353 g/mol. The van der Waals surface area contributed by atoms with Gasteiger partial charge < -0.3 is 10.2 Å². The average Bonchev–Trinajstić information content (AvgIpc) is 2.61. The number of likely N-dealkylation sites (N-methyl/N-ethyl adjacent to an activating group) is 1. The molecule has 1 N–H and O–H groups in total. The number of hydrogen-bond acceptors (Lipinski definition) is 3. The molecule has 26 heavy (non-hydrogen) atoms. The van der Waals surface area contributed by atoms with Gasteiger partial charge in [-0.25, -0.2) is 0 Å². The van der Waals surface area contributed by atoms with E-state index in [4.69, 9.17) is 0 Å². The Bertz CT molecular complexity index is 784. The number of carbonyl (C=O) groups is 2. The first-order valence-electron chi connectivity index (χ1n) is 8.61. The first-order chi connectivity index (χ1) is 12.3. The topological polar surface area (TPSA) is 52.7 Å². The van der Waals surface area contributed by atoms with Gasteiger partial charge in [-0.3, -0.25) is 14.5 Å². The molecule has 0 fully saturated rings. The van der Waals surface area contributed by atoms with Crippen LogP contribution in [0.25, 0.3) is 0 Å². The highest BCUT2D eigenvalue weighted by atomic mass is 16.2. The molecule has 0 aliphatic rings. The van der Waals surface area contributed by atoms with E-state index in [1.54, 1.807) is 20.2 Å². The van der Waals surface area contributed by atoms with Crippen LogP contribution in [0.2, 0.25) is 0 Å². The lowest BCUT2D eigenvalue weighted by Gasteiger charge is -2.25. The zero-order chi connectivity index (χ0) is 19.3. The highest BCUT2D eigenvalue weighted by Crippen LogP contribution is 2.22. The molecule has 1 atom stereocenters. The van der Waals surface area contributed by atoms with Gasteiger partial charge in [0, 0.05) is 26.2 Å². The summed E-state index contributed by atoms with van der Waals surface area (Å²) in [4.78, 5) is 28.3. The van der Waals surface area contributed by atoms with Crippen LogP contribution in [0.15, 0.2) is 48.5 Å². The second kappa shape index (κ2) is 8.63. The van der Waals surface area contributed by atoms with Crippen molar-refractivity contribution in [2.45, 2.75) is 19.5 Å². The lowest BCUT2D eigenvalue weighted by Crippen LogP contribution is -2.37. The van der Waals surface area contributed by atoms with Crippen LogP contribution in [-0.4, -0.2) is 49.8 Å². The molecule has 0 unspecified atom stereocenters. The van der Waals surface area contributed by atoms with E-state index < -0.39 is 0 Å². The van der Waals surface area contributed by atoms with E-state index in [0.29, 0.717) is 12.1 Å². The van der Waals surface area contributed by atoms with Crippen molar-refractivity contribution in [3.05, 3.63) is 70.8 Å². The minimum absolute atomic E-state index is 0.0516. The predicted molar refractivity (Wildman–Crippen MR) is 104 cm³/mol. The molecular formula is C21H27N3O2. The molecule has 0 aromatic heterocycles. The van der Waals surface area contributed by atoms with E-state index in [0.717, 1.165) is 16.7 Å². The van der Waals surface area contributed by atoms with Crippen molar-refractivity contribution in [3.8, 4) is 0 Å². The van der Waals surface area contributed by atoms with Crippen molar-refractivity contribution in [2.24, 2.45) is 0 Å². The van der Waals surface area contributed by atoms with Crippen molar-refractivity contribution in [1.82, 2.24) is 15.1 Å². The Morgan fingerprint density at radius 3 is 2.31 bits per heavy atom. The second-order valence-corrected chi connectivity index (χ2v) is 6.84. The van der Waals surface area contributed by atoms with Gasteiger partial charge in [0.05, 0.1) is 0 Å². The summed E-state index contributed by atoms with van der Waals surface area (Å²) in [7, 11) is 7.24. The molecular weight excluding hydrogens is 326 g/mol. The molecule has 2 rings (SSSR count). The van der Waals surface area contributed by atoms with Crippen molar-refractivity contribution in [3.63, 3.8) is 0 Å². The number of aryl methyl sites for hydroxylation is 1. The molecule has 2 aromatic rings. The molecule has 0 heterocycles. The maximum Gasteiger partial charge on any atom is 0.253 e. The Labute approximate surface area is 155 Å². The number of hydrogen-bond donors (Lipinski definition) is 1. The Balaban J connectivity index is 2.13. The summed E-state index contributed by atoms with van der Waals surface area (Å²) in [5.41, 5.74) is 3.59. The summed E-state index contributed by atoms with van der Waals surface area (Å²) in [6, 6.07) is 14.9. The number of nitrogens with one attached hydrogen (secondary N) is 1. The predicted octanol–water partition coefficient (Wildman–Crippen LogP) is 2.62. The van der Waals surface area contributed by atoms with Crippen LogP contribution in [0.1, 0.15) is 33.1 Å². The Morgan fingerprint density at radius 2 is 1.69 bits per heavy atom. The molecule has 2 aromatic carbocycles. The normalized spacial score (nSPS) is 11.9. The maximum atomic E-state index is 12.8. The van der Waals surface area contributed by atoms with E-state index in [2.05, 4.69) is 5.32 Å². The van der Waals surface area contributed by atoms with E-state index in [1.807, 2.05) is 68.4 Å². The molecule has 0 bridgehead atoms. The van der Waals surface area contributed by atoms with Gasteiger partial charge in [-0.1, -0.05) is 36.4 Å². The van der Waals surface area contributed by atoms with Crippen LogP contribution in [0.3, 0.4) is 0 Å². The third-order valence-corrected chi connectivity index (χ3v) is 4.29. The molecule has 0 radical (unpaired) electrons. The Hall–Kier alpha value is -2.66. The van der Waals surface area contributed by atoms with Crippen LogP contribution < -0.4 is 5.32 Å². The molecule has 0 saturated carbocycles. The summed E-state index contributed by atoms with van der Waals surface area (Å²) >= 11 is 0. The van der Waals surface area contributed by atoms with Gasteiger partial charge in [-0.15, -0.1) is 0 Å². The van der Waals surface area contributed by atoms with E-state index >= 15 is 0 Å². The van der Waals surface area contributed by atoms with Gasteiger partial charge in [-0.05, 0) is 49.8 Å². The fourth-order valence-electron chi connectivity index (χ4n) is 2.91. The van der Waals surface area contributed by atoms with Crippen molar-refractivity contribution in [2.75, 3.05) is 28.2 Å². The summed E-state index contributed by atoms with van der Waals surface area (Å²) in [6.07, 6.45) is 0. The molecule has 0 aliphatic carbocycles. The van der Waals surface area contributed by atoms with Crippen LogP contribution in [0.5, 0.6) is 0 Å². The molecule has 0 saturated heterocycles. The summed E-state index contributed by atoms with van der Waals surface area (Å²) in [6.45, 7) is 2.39. The molecule has 5 nitrogen and oxygen atoms in total. The van der Waals surface area contributed by atoms with E-state index in [1.165, 1.54) is 4.90 Å². The zero-order valence-electron chi connectivity index (χ0n) is 16.1. The Kier molecular flexibility index (Phi) is 6.52. The minimum Gasteiger partial charge on any atom is -0.350 e. The van der Waals surface area contributed by atoms with Crippen LogP contribution in [-0.2, 0) is 11.3 Å². The number of carbonyl (C=O) groups excluding carboxylic acids is 2. The summed E-state index contributed by atoms with van der Waals surface area (Å²) in [5, 5.41) is 3.00. The molecule has 5 heteroatoms. The number of benzene rings is 2. The van der Waals surface area contributed by atoms with E-state index in [-0.39, 0.29) is 17.9 Å². The van der Waals surface area contributed by atoms with Crippen LogP contribution in [0, 0.1) is 6.92 Å². The molecule has 0 spiro atoms. The van der Waals surface area contributed by atoms with Crippen molar-refractivity contribution >= 4 is 11.8 Å². The Morgan fingerprint density at radius 1 is 1.00 bits per heavy atom. The van der Waals surface area contributed by atoms with Crippen molar-refractivity contribution in [1.29, 1.82) is 0 Å². The highest BCUT2D eigenvalue weighted by Gasteiger charge is 2.24. The van der Waals surface area contributed by atoms with Crippen LogP contribution >= 0.6 is 0 Å². The first kappa shape index (κ1) is 19.7. The largest absolute Gasteiger partial charge is 0.350 e. The number of amides is 2. The van der Waals surface area contributed by atoms with E-state index in [9.17, 15) is 9.59 Å². The summed E-state index contributed by atoms with van der Waals surface area (Å²) < 4.78 is 0. The van der Waals surface area contributed by atoms with Gasteiger partial charge in [0.2, 0.25) is 5.91 Å². The maximum absolute atomic E-state index is 12.8. The zero-order valence-corrected chi connectivity index (χ0v) is 16.1. The third kappa shape index (κ3) is 4.70. The first-order valence-corrected chi connectivity index (χ1v) is 8.61. The molecule has 0 aliphatic heterocycles. The molecule has 2 amide bonds. The quantitative estimate of drug-likeness (QED) is 0.869. The SMILES string of the molecule is Cc1ccccc1[C@H](C(=O)NCc1cccc(C(=O)N(C)C)c1)N(C)C. The van der Waals surface area contributed by atoms with Gasteiger partial charge in [0.25, 0.3) is 5.91 Å². The van der Waals surface area contributed by atoms with Gasteiger partial charge in [-0.2, -0.15) is 0 Å². The van der Waals surface area contributed by atoms with Gasteiger partial charge in [0.1, 0.15) is 6.04 Å². The van der Waals surface area contributed by atoms with Crippen molar-refractivity contribution < 1.29 is 9.59 Å². The fourth-order valence-corrected chi connectivity index (χ4v) is 2.91. The van der Waals surface area contributed by atoms with Gasteiger partial charge in [0.15, 0.2) is 0 Å². The number of nitrogens with zero attached hydrogens (tertiary/aromatic N) is 2. The van der Waals surface area contributed by atoms with Gasteiger partial charge >= 0.3 is 0 Å². The summed E-state index contributed by atoms with van der Waals surface area (Å²) in [5.74, 6) is -0.113. The number of rotatable bonds is 6. The lowest BCUT2D eigenvalue weighted by molar-refractivity contribution is -0.126. The lowest BCUT2D eigenvalue weighted by atomic mass is 9.99. The highest BCUT2D eigenvalue weighted by molar-refractivity contribution is 5.94. The monoisotopic (exact) mass is 353 g/mol. The fraction of sp³-hybridized carbons (Fsp3) is 0.333. The smallest absolute Gasteiger partial charge is 0.253 e. The second-order valence-electron chi connectivity index (χ2n) is 6.84. The van der Waals surface area contributed by atoms with Crippen LogP contribution in [0.4, 0.5) is 0 Å².